The Kier molecular flexibility index (Phi) is 7.04. The molecular formula is C22H30N4O5. The Bertz CT molecular complexity index is 906. The number of aromatic amines is 1. The van der Waals surface area contributed by atoms with Gasteiger partial charge in [0, 0.05) is 24.7 Å². The highest BCUT2D eigenvalue weighted by Gasteiger charge is 2.37. The number of esters is 1. The first-order chi connectivity index (χ1) is 14.9. The van der Waals surface area contributed by atoms with Crippen LogP contribution in [0.15, 0.2) is 24.5 Å². The third-order valence-corrected chi connectivity index (χ3v) is 5.82. The normalized spacial score (nSPS) is 17.3. The van der Waals surface area contributed by atoms with Crippen LogP contribution >= 0.6 is 0 Å². The number of rotatable bonds is 7. The van der Waals surface area contributed by atoms with Crippen LogP contribution in [0.2, 0.25) is 0 Å². The number of hydrogen-bond donors (Lipinski definition) is 2. The van der Waals surface area contributed by atoms with Crippen molar-refractivity contribution in [3.8, 4) is 11.5 Å². The van der Waals surface area contributed by atoms with Crippen molar-refractivity contribution >= 4 is 12.0 Å². The van der Waals surface area contributed by atoms with Crippen LogP contribution in [-0.2, 0) is 16.0 Å². The number of benzene rings is 1. The van der Waals surface area contributed by atoms with E-state index in [4.69, 9.17) is 14.2 Å². The summed E-state index contributed by atoms with van der Waals surface area (Å²) in [6, 6.07) is 3.96. The van der Waals surface area contributed by atoms with Gasteiger partial charge in [-0.15, -0.1) is 0 Å². The van der Waals surface area contributed by atoms with Crippen molar-refractivity contribution in [1.82, 2.24) is 20.2 Å². The van der Waals surface area contributed by atoms with Crippen LogP contribution in [0.3, 0.4) is 0 Å². The standard InChI is InChI=1S/C22H30N4O5/c1-6-13(2)18(21(27)31-5)25-22(28)26-8-7-17-19(24-12-23-17)20(26)14-9-15(29-3)11-16(10-14)30-4/h9-13,18,20H,6-8H2,1-5H3,(H,23,24)(H,25,28)/t13-,18+,20+/m0/s1. The number of aromatic nitrogens is 2. The number of nitrogens with one attached hydrogen (secondary N) is 2. The van der Waals surface area contributed by atoms with Crippen LogP contribution < -0.4 is 14.8 Å². The van der Waals surface area contributed by atoms with E-state index in [1.54, 1.807) is 31.5 Å². The van der Waals surface area contributed by atoms with Crippen molar-refractivity contribution in [2.24, 2.45) is 5.92 Å². The fourth-order valence-corrected chi connectivity index (χ4v) is 3.83. The van der Waals surface area contributed by atoms with Gasteiger partial charge in [0.15, 0.2) is 0 Å². The SMILES string of the molecule is CC[C@H](C)[C@@H](NC(=O)N1CCc2[nH]cnc2[C@H]1c1cc(OC)cc(OC)c1)C(=O)OC. The van der Waals surface area contributed by atoms with Gasteiger partial charge in [0.05, 0.1) is 33.4 Å². The van der Waals surface area contributed by atoms with Gasteiger partial charge in [0.2, 0.25) is 0 Å². The Hall–Kier alpha value is -3.23. The average Bonchev–Trinajstić information content (AvgIpc) is 3.29. The second-order valence-corrected chi connectivity index (χ2v) is 7.59. The highest BCUT2D eigenvalue weighted by Crippen LogP contribution is 2.37. The van der Waals surface area contributed by atoms with Gasteiger partial charge in [-0.3, -0.25) is 0 Å². The number of H-pyrrole nitrogens is 1. The number of carbonyl (C=O) groups excluding carboxylic acids is 2. The number of urea groups is 1. The zero-order chi connectivity index (χ0) is 22.5. The molecule has 3 atom stereocenters. The second-order valence-electron chi connectivity index (χ2n) is 7.59. The van der Waals surface area contributed by atoms with E-state index in [0.717, 1.165) is 23.4 Å². The predicted octanol–water partition coefficient (Wildman–Crippen LogP) is 2.67. The van der Waals surface area contributed by atoms with Gasteiger partial charge >= 0.3 is 12.0 Å². The van der Waals surface area contributed by atoms with E-state index in [1.165, 1.54) is 7.11 Å². The van der Waals surface area contributed by atoms with Crippen LogP contribution in [0, 0.1) is 5.92 Å². The summed E-state index contributed by atoms with van der Waals surface area (Å²) in [4.78, 5) is 35.0. The average molecular weight is 431 g/mol. The molecule has 0 unspecified atom stereocenters. The highest BCUT2D eigenvalue weighted by atomic mass is 16.5. The Morgan fingerprint density at radius 1 is 1.23 bits per heavy atom. The first-order valence-electron chi connectivity index (χ1n) is 10.3. The molecule has 1 aromatic heterocycles. The summed E-state index contributed by atoms with van der Waals surface area (Å²) >= 11 is 0. The Balaban J connectivity index is 1.99. The van der Waals surface area contributed by atoms with Crippen molar-refractivity contribution in [2.75, 3.05) is 27.9 Å². The van der Waals surface area contributed by atoms with Gasteiger partial charge in [0.1, 0.15) is 23.6 Å². The lowest BCUT2D eigenvalue weighted by atomic mass is 9.95. The number of imidazole rings is 1. The van der Waals surface area contributed by atoms with Crippen molar-refractivity contribution in [2.45, 2.75) is 38.8 Å². The molecule has 0 bridgehead atoms. The molecule has 2 N–H and O–H groups in total. The zero-order valence-electron chi connectivity index (χ0n) is 18.6. The zero-order valence-corrected chi connectivity index (χ0v) is 18.6. The topological polar surface area (TPSA) is 106 Å². The molecule has 1 aromatic carbocycles. The summed E-state index contributed by atoms with van der Waals surface area (Å²) in [6.07, 6.45) is 2.99. The summed E-state index contributed by atoms with van der Waals surface area (Å²) in [6.45, 7) is 4.34. The highest BCUT2D eigenvalue weighted by molar-refractivity contribution is 5.84. The molecule has 3 rings (SSSR count). The summed E-state index contributed by atoms with van der Waals surface area (Å²) in [5.41, 5.74) is 2.54. The van der Waals surface area contributed by atoms with Gasteiger partial charge in [-0.25, -0.2) is 14.6 Å². The lowest BCUT2D eigenvalue weighted by Gasteiger charge is -2.36. The molecule has 2 aromatic rings. The predicted molar refractivity (Wildman–Crippen MR) is 114 cm³/mol. The molecule has 1 aliphatic heterocycles. The molecule has 168 valence electrons. The van der Waals surface area contributed by atoms with Crippen molar-refractivity contribution in [3.05, 3.63) is 41.5 Å². The Labute approximate surface area is 182 Å². The number of ether oxygens (including phenoxy) is 3. The van der Waals surface area contributed by atoms with E-state index in [9.17, 15) is 9.59 Å². The summed E-state index contributed by atoms with van der Waals surface area (Å²) in [7, 11) is 4.49. The number of carbonyl (C=O) groups is 2. The van der Waals surface area contributed by atoms with E-state index >= 15 is 0 Å². The molecule has 31 heavy (non-hydrogen) atoms. The van der Waals surface area contributed by atoms with Crippen LogP contribution in [0.4, 0.5) is 4.79 Å². The van der Waals surface area contributed by atoms with Crippen LogP contribution in [-0.4, -0.2) is 60.8 Å². The molecule has 1 aliphatic rings. The van der Waals surface area contributed by atoms with Crippen molar-refractivity contribution in [3.63, 3.8) is 0 Å². The summed E-state index contributed by atoms with van der Waals surface area (Å²) < 4.78 is 15.8. The van der Waals surface area contributed by atoms with E-state index in [1.807, 2.05) is 26.0 Å². The third kappa shape index (κ3) is 4.60. The maximum atomic E-state index is 13.4. The molecule has 2 heterocycles. The molecule has 0 radical (unpaired) electrons. The molecule has 9 nitrogen and oxygen atoms in total. The fraction of sp³-hybridized carbons (Fsp3) is 0.500. The smallest absolute Gasteiger partial charge is 0.328 e. The van der Waals surface area contributed by atoms with Gasteiger partial charge in [-0.2, -0.15) is 0 Å². The van der Waals surface area contributed by atoms with E-state index in [2.05, 4.69) is 15.3 Å². The van der Waals surface area contributed by atoms with Gasteiger partial charge in [-0.1, -0.05) is 20.3 Å². The van der Waals surface area contributed by atoms with Gasteiger partial charge < -0.3 is 29.4 Å². The monoisotopic (exact) mass is 430 g/mol. The van der Waals surface area contributed by atoms with Crippen molar-refractivity contribution < 1.29 is 23.8 Å². The quantitative estimate of drug-likeness (QED) is 0.654. The molecule has 0 saturated carbocycles. The fourth-order valence-electron chi connectivity index (χ4n) is 3.83. The lowest BCUT2D eigenvalue weighted by Crippen LogP contribution is -2.53. The molecule has 0 aliphatic carbocycles. The Morgan fingerprint density at radius 2 is 1.90 bits per heavy atom. The van der Waals surface area contributed by atoms with E-state index < -0.39 is 18.1 Å². The first kappa shape index (κ1) is 22.5. The summed E-state index contributed by atoms with van der Waals surface area (Å²) in [5.74, 6) is 0.700. The van der Waals surface area contributed by atoms with E-state index in [0.29, 0.717) is 24.5 Å². The van der Waals surface area contributed by atoms with Crippen LogP contribution in [0.1, 0.15) is 43.3 Å². The number of nitrogens with zero attached hydrogens (tertiary/aromatic N) is 2. The van der Waals surface area contributed by atoms with Gasteiger partial charge in [0.25, 0.3) is 0 Å². The maximum Gasteiger partial charge on any atom is 0.328 e. The number of methoxy groups -OCH3 is 3. The minimum Gasteiger partial charge on any atom is -0.497 e. The number of fused-ring (bicyclic) bond motifs is 1. The van der Waals surface area contributed by atoms with Crippen molar-refractivity contribution in [1.29, 1.82) is 0 Å². The third-order valence-electron chi connectivity index (χ3n) is 5.82. The molecule has 2 amide bonds. The molecule has 0 spiro atoms. The Morgan fingerprint density at radius 3 is 2.48 bits per heavy atom. The van der Waals surface area contributed by atoms with Gasteiger partial charge in [-0.05, 0) is 23.6 Å². The minimum atomic E-state index is -0.733. The van der Waals surface area contributed by atoms with Crippen LogP contribution in [0.25, 0.3) is 0 Å². The molecule has 0 fully saturated rings. The summed E-state index contributed by atoms with van der Waals surface area (Å²) in [5, 5.41) is 2.88. The van der Waals surface area contributed by atoms with E-state index in [-0.39, 0.29) is 11.9 Å². The molecular weight excluding hydrogens is 400 g/mol. The van der Waals surface area contributed by atoms with Crippen LogP contribution in [0.5, 0.6) is 11.5 Å². The second kappa shape index (κ2) is 9.72. The molecule has 0 saturated heterocycles. The number of hydrogen-bond acceptors (Lipinski definition) is 6. The lowest BCUT2D eigenvalue weighted by molar-refractivity contribution is -0.144. The minimum absolute atomic E-state index is 0.0718. The molecule has 9 heteroatoms. The largest absolute Gasteiger partial charge is 0.497 e. The number of amides is 2. The maximum absolute atomic E-state index is 13.4. The first-order valence-corrected chi connectivity index (χ1v) is 10.3.